The molecular formula is C26H34N4O5. The first kappa shape index (κ1) is 24.8. The predicted octanol–water partition coefficient (Wildman–Crippen LogP) is 1.88. The first-order valence-corrected chi connectivity index (χ1v) is 12.0. The fourth-order valence-electron chi connectivity index (χ4n) is 5.00. The van der Waals surface area contributed by atoms with Gasteiger partial charge in [-0.25, -0.2) is 0 Å². The normalized spacial score (nSPS) is 19.5. The minimum atomic E-state index is -0.553. The number of hydrogen-bond acceptors (Lipinski definition) is 7. The number of rotatable bonds is 7. The topological polar surface area (TPSA) is 131 Å². The van der Waals surface area contributed by atoms with Crippen molar-refractivity contribution in [3.63, 3.8) is 0 Å². The van der Waals surface area contributed by atoms with Crippen LogP contribution < -0.4 is 16.2 Å². The van der Waals surface area contributed by atoms with Gasteiger partial charge in [-0.15, -0.1) is 0 Å². The van der Waals surface area contributed by atoms with E-state index in [1.54, 1.807) is 30.3 Å². The van der Waals surface area contributed by atoms with Gasteiger partial charge in [0.1, 0.15) is 11.5 Å². The zero-order chi connectivity index (χ0) is 24.9. The van der Waals surface area contributed by atoms with Crippen molar-refractivity contribution < 1.29 is 24.2 Å². The average molecular weight is 483 g/mol. The van der Waals surface area contributed by atoms with Gasteiger partial charge in [0.25, 0.3) is 11.8 Å². The Morgan fingerprint density at radius 2 is 1.94 bits per heavy atom. The lowest BCUT2D eigenvalue weighted by Gasteiger charge is -2.38. The number of morpholine rings is 1. The van der Waals surface area contributed by atoms with Gasteiger partial charge in [-0.1, -0.05) is 6.07 Å². The third kappa shape index (κ3) is 6.04. The molecule has 9 nitrogen and oxygen atoms in total. The molecule has 35 heavy (non-hydrogen) atoms. The first-order valence-electron chi connectivity index (χ1n) is 12.0. The van der Waals surface area contributed by atoms with Crippen LogP contribution in [-0.4, -0.2) is 79.3 Å². The van der Waals surface area contributed by atoms with E-state index in [1.165, 1.54) is 13.2 Å². The molecule has 2 aromatic carbocycles. The molecule has 0 spiro atoms. The van der Waals surface area contributed by atoms with Crippen molar-refractivity contribution in [2.75, 3.05) is 52.2 Å². The van der Waals surface area contributed by atoms with E-state index in [9.17, 15) is 14.7 Å². The minimum absolute atomic E-state index is 0.0294. The Labute approximate surface area is 205 Å². The Hall–Kier alpha value is -3.30. The summed E-state index contributed by atoms with van der Waals surface area (Å²) >= 11 is 0. The third-order valence-corrected chi connectivity index (χ3v) is 6.91. The molecule has 5 N–H and O–H groups in total. The van der Waals surface area contributed by atoms with Crippen LogP contribution in [0.4, 0.5) is 5.69 Å². The summed E-state index contributed by atoms with van der Waals surface area (Å²) in [6.45, 7) is 4.66. The summed E-state index contributed by atoms with van der Waals surface area (Å²) in [5.74, 6) is 0.407. The highest BCUT2D eigenvalue weighted by Gasteiger charge is 2.28. The summed E-state index contributed by atoms with van der Waals surface area (Å²) in [6.07, 6.45) is 2.44. The molecule has 2 amide bonds. The van der Waals surface area contributed by atoms with Crippen molar-refractivity contribution in [3.05, 3.63) is 53.1 Å². The molecule has 0 bridgehead atoms. The Morgan fingerprint density at radius 1 is 1.17 bits per heavy atom. The van der Waals surface area contributed by atoms with Crippen molar-refractivity contribution >= 4 is 17.5 Å². The van der Waals surface area contributed by atoms with E-state index in [0.29, 0.717) is 54.6 Å². The molecule has 2 saturated heterocycles. The largest absolute Gasteiger partial charge is 0.508 e. The molecule has 9 heteroatoms. The van der Waals surface area contributed by atoms with Gasteiger partial charge >= 0.3 is 0 Å². The molecule has 2 aliphatic rings. The predicted molar refractivity (Wildman–Crippen MR) is 133 cm³/mol. The van der Waals surface area contributed by atoms with Crippen molar-refractivity contribution in [2.45, 2.75) is 25.4 Å². The quantitative estimate of drug-likeness (QED) is 0.514. The summed E-state index contributed by atoms with van der Waals surface area (Å²) < 4.78 is 11.2. The molecule has 0 saturated carbocycles. The number of amides is 2. The number of likely N-dealkylation sites (tertiary alicyclic amines) is 1. The average Bonchev–Trinajstić information content (AvgIpc) is 2.85. The van der Waals surface area contributed by atoms with E-state index < -0.39 is 5.91 Å². The van der Waals surface area contributed by atoms with Crippen LogP contribution in [0.1, 0.15) is 39.1 Å². The second kappa shape index (κ2) is 11.0. The summed E-state index contributed by atoms with van der Waals surface area (Å²) in [7, 11) is 1.48. The molecule has 0 aromatic heterocycles. The van der Waals surface area contributed by atoms with E-state index in [0.717, 1.165) is 38.0 Å². The maximum atomic E-state index is 12.7. The van der Waals surface area contributed by atoms with Crippen molar-refractivity contribution in [3.8, 4) is 11.5 Å². The molecule has 2 aromatic rings. The number of primary amides is 1. The number of nitrogens with zero attached hydrogens (tertiary/aromatic N) is 2. The maximum Gasteiger partial charge on any atom is 0.253 e. The van der Waals surface area contributed by atoms with E-state index >= 15 is 0 Å². The Balaban J connectivity index is 1.30. The van der Waals surface area contributed by atoms with Gasteiger partial charge < -0.3 is 30.9 Å². The Bertz CT molecular complexity index is 1070. The lowest BCUT2D eigenvalue weighted by Crippen LogP contribution is -2.47. The van der Waals surface area contributed by atoms with Gasteiger partial charge in [0.05, 0.1) is 25.4 Å². The highest BCUT2D eigenvalue weighted by Crippen LogP contribution is 2.28. The molecule has 0 radical (unpaired) electrons. The lowest BCUT2D eigenvalue weighted by molar-refractivity contribution is -0.0344. The van der Waals surface area contributed by atoms with E-state index in [1.807, 2.05) is 4.90 Å². The van der Waals surface area contributed by atoms with Gasteiger partial charge in [-0.3, -0.25) is 14.5 Å². The number of nitrogens with two attached hydrogens (primary N) is 2. The number of anilines is 1. The van der Waals surface area contributed by atoms with Gasteiger partial charge in [0, 0.05) is 56.5 Å². The van der Waals surface area contributed by atoms with Gasteiger partial charge in [-0.05, 0) is 48.6 Å². The van der Waals surface area contributed by atoms with Crippen LogP contribution in [0, 0.1) is 5.92 Å². The standard InChI is InChI=1S/C26H34N4O5/c1-34-24-14-23(27)19(13-22(24)25(28)32)12-21-16-29(9-10-35-21)15-17-5-7-30(8-6-17)26(33)18-3-2-4-20(31)11-18/h2-4,11,13-14,17,21,31H,5-10,12,15-16,27H2,1H3,(H2,28,32). The van der Waals surface area contributed by atoms with E-state index in [-0.39, 0.29) is 17.8 Å². The molecule has 2 aliphatic heterocycles. The van der Waals surface area contributed by atoms with Gasteiger partial charge in [0.15, 0.2) is 0 Å². The summed E-state index contributed by atoms with van der Waals surface area (Å²) in [5.41, 5.74) is 13.9. The van der Waals surface area contributed by atoms with Crippen molar-refractivity contribution in [1.29, 1.82) is 0 Å². The van der Waals surface area contributed by atoms with Crippen LogP contribution in [0.5, 0.6) is 11.5 Å². The number of phenolic OH excluding ortho intramolecular Hbond substituents is 1. The summed E-state index contributed by atoms with van der Waals surface area (Å²) in [4.78, 5) is 28.8. The molecule has 2 heterocycles. The zero-order valence-electron chi connectivity index (χ0n) is 20.1. The third-order valence-electron chi connectivity index (χ3n) is 6.91. The monoisotopic (exact) mass is 482 g/mol. The number of aromatic hydroxyl groups is 1. The number of phenols is 1. The van der Waals surface area contributed by atoms with Crippen LogP contribution in [0.25, 0.3) is 0 Å². The molecule has 0 aliphatic carbocycles. The highest BCUT2D eigenvalue weighted by atomic mass is 16.5. The number of piperidine rings is 1. The van der Waals surface area contributed by atoms with Crippen molar-refractivity contribution in [1.82, 2.24) is 9.80 Å². The van der Waals surface area contributed by atoms with Gasteiger partial charge in [0.2, 0.25) is 0 Å². The first-order chi connectivity index (χ1) is 16.8. The number of carbonyl (C=O) groups is 2. The Morgan fingerprint density at radius 3 is 2.63 bits per heavy atom. The fourth-order valence-corrected chi connectivity index (χ4v) is 5.00. The molecule has 1 unspecified atom stereocenters. The number of carbonyl (C=O) groups excluding carboxylic acids is 2. The van der Waals surface area contributed by atoms with E-state index in [2.05, 4.69) is 4.90 Å². The SMILES string of the molecule is COc1cc(N)c(CC2CN(CC3CCN(C(=O)c4cccc(O)c4)CC3)CCO2)cc1C(N)=O. The Kier molecular flexibility index (Phi) is 7.77. The van der Waals surface area contributed by atoms with Crippen LogP contribution in [-0.2, 0) is 11.2 Å². The summed E-state index contributed by atoms with van der Waals surface area (Å²) in [6, 6.07) is 9.87. The number of ether oxygens (including phenoxy) is 2. The van der Waals surface area contributed by atoms with Crippen molar-refractivity contribution in [2.24, 2.45) is 11.7 Å². The molecular weight excluding hydrogens is 448 g/mol. The maximum absolute atomic E-state index is 12.7. The van der Waals surface area contributed by atoms with E-state index in [4.69, 9.17) is 20.9 Å². The lowest BCUT2D eigenvalue weighted by atomic mass is 9.95. The number of nitrogen functional groups attached to an aromatic ring is 1. The van der Waals surface area contributed by atoms with Gasteiger partial charge in [-0.2, -0.15) is 0 Å². The summed E-state index contributed by atoms with van der Waals surface area (Å²) in [5, 5.41) is 9.66. The molecule has 4 rings (SSSR count). The van der Waals surface area contributed by atoms with Crippen LogP contribution in [0.15, 0.2) is 36.4 Å². The van der Waals surface area contributed by atoms with Crippen LogP contribution in [0.3, 0.4) is 0 Å². The second-order valence-corrected chi connectivity index (χ2v) is 9.36. The minimum Gasteiger partial charge on any atom is -0.508 e. The second-order valence-electron chi connectivity index (χ2n) is 9.36. The van der Waals surface area contributed by atoms with Crippen LogP contribution >= 0.6 is 0 Å². The molecule has 188 valence electrons. The smallest absolute Gasteiger partial charge is 0.253 e. The zero-order valence-corrected chi connectivity index (χ0v) is 20.1. The fraction of sp³-hybridized carbons (Fsp3) is 0.462. The number of hydrogen-bond donors (Lipinski definition) is 3. The van der Waals surface area contributed by atoms with Crippen LogP contribution in [0.2, 0.25) is 0 Å². The molecule has 1 atom stereocenters. The number of benzene rings is 2. The number of methoxy groups -OCH3 is 1. The molecule has 2 fully saturated rings. The highest BCUT2D eigenvalue weighted by molar-refractivity contribution is 5.96.